The number of fused-ring (bicyclic) bond motifs is 1. The van der Waals surface area contributed by atoms with Crippen LogP contribution in [0.4, 0.5) is 26.0 Å². The molecule has 2 aliphatic heterocycles. The number of piperazine rings is 1. The number of ether oxygens (including phenoxy) is 2. The number of morpholine rings is 1. The molecular weight excluding hydrogens is 783 g/mol. The number of benzene rings is 2. The molecule has 0 spiro atoms. The first-order valence-electron chi connectivity index (χ1n) is 19.3. The number of pyridine rings is 1. The van der Waals surface area contributed by atoms with Crippen LogP contribution in [-0.4, -0.2) is 102 Å². The van der Waals surface area contributed by atoms with Gasteiger partial charge in [0.2, 0.25) is 5.43 Å². The average molecular weight is 835 g/mol. The number of nitrogens with one attached hydrogen (secondary N) is 2. The summed E-state index contributed by atoms with van der Waals surface area (Å²) in [5.74, 6) is -2.12. The van der Waals surface area contributed by atoms with E-state index in [0.717, 1.165) is 50.5 Å². The Hall–Kier alpha value is -4.28. The van der Waals surface area contributed by atoms with E-state index in [2.05, 4.69) is 27.0 Å². The van der Waals surface area contributed by atoms with E-state index in [-0.39, 0.29) is 71.7 Å². The number of halogens is 4. The highest BCUT2D eigenvalue weighted by molar-refractivity contribution is 5.95. The summed E-state index contributed by atoms with van der Waals surface area (Å²) in [5.41, 5.74) is 1.15. The summed E-state index contributed by atoms with van der Waals surface area (Å²) in [6.45, 7) is 10.2. The van der Waals surface area contributed by atoms with Gasteiger partial charge in [-0.15, -0.1) is 24.8 Å². The topological polar surface area (TPSA) is 134 Å². The molecule has 4 aromatic rings. The van der Waals surface area contributed by atoms with E-state index >= 15 is 8.78 Å². The number of rotatable bonds is 14. The Morgan fingerprint density at radius 3 is 2.32 bits per heavy atom. The molecule has 1 saturated carbocycles. The lowest BCUT2D eigenvalue weighted by Crippen LogP contribution is -2.47. The number of nitrogens with zero attached hydrogens (tertiary/aromatic N) is 5. The number of unbranched alkanes of at least 4 members (excludes halogenated alkanes) is 1. The molecule has 13 nitrogen and oxygen atoms in total. The normalized spacial score (nSPS) is 16.2. The Bertz CT molecular complexity index is 2200. The second kappa shape index (κ2) is 19.4. The molecule has 2 N–H and O–H groups in total. The van der Waals surface area contributed by atoms with Gasteiger partial charge in [-0.1, -0.05) is 13.0 Å². The van der Waals surface area contributed by atoms with Crippen LogP contribution in [0.5, 0.6) is 0 Å². The van der Waals surface area contributed by atoms with Crippen LogP contribution >= 0.6 is 24.8 Å². The Balaban J connectivity index is 0.00000310. The predicted octanol–water partition coefficient (Wildman–Crippen LogP) is 5.01. The van der Waals surface area contributed by atoms with Crippen LogP contribution in [0, 0.1) is 18.6 Å². The number of hydrogen-bond acceptors (Lipinski definition) is 10. The van der Waals surface area contributed by atoms with Crippen molar-refractivity contribution in [2.75, 3.05) is 82.4 Å². The summed E-state index contributed by atoms with van der Waals surface area (Å²) in [4.78, 5) is 60.9. The third kappa shape index (κ3) is 10.1. The van der Waals surface area contributed by atoms with Gasteiger partial charge in [-0.3, -0.25) is 28.9 Å². The molecule has 0 atom stereocenters. The maximum atomic E-state index is 16.4. The van der Waals surface area contributed by atoms with Crippen LogP contribution < -0.4 is 26.9 Å². The number of aromatic amines is 1. The van der Waals surface area contributed by atoms with E-state index in [9.17, 15) is 19.2 Å². The van der Waals surface area contributed by atoms with Crippen molar-refractivity contribution in [3.8, 4) is 0 Å². The van der Waals surface area contributed by atoms with Crippen LogP contribution in [-0.2, 0) is 22.4 Å². The molecule has 7 rings (SSSR count). The van der Waals surface area contributed by atoms with Crippen LogP contribution in [0.15, 0.2) is 50.9 Å². The van der Waals surface area contributed by atoms with Gasteiger partial charge in [0.15, 0.2) is 5.82 Å². The predicted molar refractivity (Wildman–Crippen MR) is 221 cm³/mol. The Labute approximate surface area is 341 Å². The third-order valence-corrected chi connectivity index (χ3v) is 10.9. The standard InChI is InChI=1S/C40H49F2N7O6.2ClH/c1-3-27-22-28(7-6-26(27)2)43-33-24-34(50)48(40(53)44-33)11-5-4-10-45-12-14-47(15-13-45)37-32(41)23-30-36(35(37)42)49(29-8-9-29)25-31(38(30)51)39(52)55-21-18-46-16-19-54-20-17-46;;/h6-7,22-25,29,43H,3-5,8-21H2,1-2H3,(H,44,53);2*1H. The molecule has 0 radical (unpaired) electrons. The van der Waals surface area contributed by atoms with Gasteiger partial charge in [0.25, 0.3) is 5.56 Å². The number of esters is 1. The summed E-state index contributed by atoms with van der Waals surface area (Å²) in [5, 5.41) is 2.95. The van der Waals surface area contributed by atoms with Crippen molar-refractivity contribution in [2.45, 2.75) is 58.5 Å². The number of anilines is 3. The Kier molecular flexibility index (Phi) is 15.0. The lowest BCUT2D eigenvalue weighted by molar-refractivity contribution is 0.0195. The second-order valence-corrected chi connectivity index (χ2v) is 14.7. The Morgan fingerprint density at radius 2 is 1.63 bits per heavy atom. The Morgan fingerprint density at radius 1 is 0.930 bits per heavy atom. The van der Waals surface area contributed by atoms with Crippen LogP contribution in [0.25, 0.3) is 10.9 Å². The van der Waals surface area contributed by atoms with Crippen molar-refractivity contribution in [1.82, 2.24) is 23.9 Å². The monoisotopic (exact) mass is 833 g/mol. The molecule has 17 heteroatoms. The number of hydrogen-bond donors (Lipinski definition) is 2. The lowest BCUT2D eigenvalue weighted by atomic mass is 10.1. The van der Waals surface area contributed by atoms with Gasteiger partial charge in [-0.2, -0.15) is 0 Å². The van der Waals surface area contributed by atoms with Gasteiger partial charge in [0.05, 0.1) is 24.1 Å². The van der Waals surface area contributed by atoms with E-state index in [4.69, 9.17) is 9.47 Å². The van der Waals surface area contributed by atoms with E-state index in [1.54, 1.807) is 9.47 Å². The van der Waals surface area contributed by atoms with Crippen molar-refractivity contribution >= 4 is 58.9 Å². The van der Waals surface area contributed by atoms with Gasteiger partial charge in [-0.05, 0) is 74.9 Å². The van der Waals surface area contributed by atoms with Gasteiger partial charge in [-0.25, -0.2) is 18.4 Å². The first-order valence-corrected chi connectivity index (χ1v) is 19.3. The molecule has 4 heterocycles. The molecule has 0 unspecified atom stereocenters. The minimum atomic E-state index is -0.850. The fourth-order valence-corrected chi connectivity index (χ4v) is 7.56. The van der Waals surface area contributed by atoms with E-state index in [0.29, 0.717) is 64.7 Å². The highest BCUT2D eigenvalue weighted by atomic mass is 35.5. The molecule has 0 amide bonds. The van der Waals surface area contributed by atoms with E-state index < -0.39 is 28.7 Å². The van der Waals surface area contributed by atoms with Gasteiger partial charge >= 0.3 is 11.7 Å². The van der Waals surface area contributed by atoms with E-state index in [1.807, 2.05) is 25.1 Å². The van der Waals surface area contributed by atoms with Crippen LogP contribution in [0.2, 0.25) is 0 Å². The van der Waals surface area contributed by atoms with Crippen molar-refractivity contribution in [1.29, 1.82) is 0 Å². The molecule has 2 saturated heterocycles. The fraction of sp³-hybridized carbons (Fsp3) is 0.500. The summed E-state index contributed by atoms with van der Waals surface area (Å²) in [6.07, 6.45) is 5.09. The van der Waals surface area contributed by atoms with Gasteiger partial charge in [0, 0.05) is 76.4 Å². The summed E-state index contributed by atoms with van der Waals surface area (Å²) in [7, 11) is 0. The van der Waals surface area contributed by atoms with E-state index in [1.165, 1.54) is 28.0 Å². The molecule has 3 fully saturated rings. The minimum Gasteiger partial charge on any atom is -0.461 e. The summed E-state index contributed by atoms with van der Waals surface area (Å²) in [6, 6.07) is 8.27. The summed E-state index contributed by atoms with van der Waals surface area (Å²) < 4.78 is 45.7. The molecule has 3 aliphatic rings. The number of aryl methyl sites for hydroxylation is 2. The number of H-pyrrole nitrogens is 1. The third-order valence-electron chi connectivity index (χ3n) is 10.9. The quantitative estimate of drug-likeness (QED) is 0.132. The largest absolute Gasteiger partial charge is 0.461 e. The number of aromatic nitrogens is 3. The van der Waals surface area contributed by atoms with Crippen molar-refractivity contribution in [3.05, 3.63) is 95.9 Å². The molecule has 2 aromatic carbocycles. The van der Waals surface area contributed by atoms with Crippen molar-refractivity contribution in [2.24, 2.45) is 0 Å². The second-order valence-electron chi connectivity index (χ2n) is 14.7. The number of carbonyl (C=O) groups is 1. The smallest absolute Gasteiger partial charge is 0.343 e. The van der Waals surface area contributed by atoms with Crippen molar-refractivity contribution < 1.29 is 23.0 Å². The highest BCUT2D eigenvalue weighted by Gasteiger charge is 2.32. The van der Waals surface area contributed by atoms with Crippen LogP contribution in [0.3, 0.4) is 0 Å². The van der Waals surface area contributed by atoms with Crippen LogP contribution in [0.1, 0.15) is 60.1 Å². The molecular formula is C40H51Cl2F2N7O6. The number of carbonyl (C=O) groups excluding carboxylic acids is 1. The zero-order valence-corrected chi connectivity index (χ0v) is 34.0. The molecule has 2 aromatic heterocycles. The highest BCUT2D eigenvalue weighted by Crippen LogP contribution is 2.40. The van der Waals surface area contributed by atoms with Gasteiger partial charge in [0.1, 0.15) is 29.5 Å². The minimum absolute atomic E-state index is 0. The zero-order chi connectivity index (χ0) is 38.6. The molecule has 310 valence electrons. The van der Waals surface area contributed by atoms with Gasteiger partial charge < -0.3 is 24.3 Å². The lowest BCUT2D eigenvalue weighted by Gasteiger charge is -2.36. The molecule has 0 bridgehead atoms. The molecule has 1 aliphatic carbocycles. The fourth-order valence-electron chi connectivity index (χ4n) is 7.56. The first-order chi connectivity index (χ1) is 26.6. The SMILES string of the molecule is CCc1cc(Nc2cc(=O)n(CCCCN3CCN(c4c(F)cc5c(=O)c(C(=O)OCCN6CCOCC6)cn(C6CC6)c5c4F)CC3)c(=O)[nH]2)ccc1C.Cl.Cl. The zero-order valence-electron chi connectivity index (χ0n) is 32.3. The molecule has 57 heavy (non-hydrogen) atoms. The average Bonchev–Trinajstić information content (AvgIpc) is 4.02. The van der Waals surface area contributed by atoms with Crippen molar-refractivity contribution in [3.63, 3.8) is 0 Å². The summed E-state index contributed by atoms with van der Waals surface area (Å²) >= 11 is 0. The first kappa shape index (κ1) is 43.8. The maximum absolute atomic E-state index is 16.4. The maximum Gasteiger partial charge on any atom is 0.343 e.